The van der Waals surface area contributed by atoms with Gasteiger partial charge in [-0.2, -0.15) is 5.26 Å². The molecular weight excluding hydrogens is 349 g/mol. The number of benzene rings is 1. The number of pyridine rings is 1. The molecule has 0 bridgehead atoms. The molecule has 0 unspecified atom stereocenters. The number of fused-ring (bicyclic) bond motifs is 1. The van der Waals surface area contributed by atoms with Crippen LogP contribution in [0.25, 0.3) is 0 Å². The first-order valence-corrected chi connectivity index (χ1v) is 8.58. The molecule has 1 aromatic heterocycles. The van der Waals surface area contributed by atoms with Crippen LogP contribution in [0.3, 0.4) is 0 Å². The second-order valence-electron chi connectivity index (χ2n) is 7.22. The van der Waals surface area contributed by atoms with Crippen molar-refractivity contribution >= 4 is 11.8 Å². The van der Waals surface area contributed by atoms with E-state index in [0.29, 0.717) is 24.2 Å². The first-order valence-electron chi connectivity index (χ1n) is 8.58. The lowest BCUT2D eigenvalue weighted by molar-refractivity contribution is 0.0566. The molecule has 7 heteroatoms. The SMILES string of the molecule is CC(C)(C)OC(=O)N1CCOc2nc(C#N)c(Cc3ccc(F)cc3)cc21. The third-order valence-electron chi connectivity index (χ3n) is 3.92. The first-order chi connectivity index (χ1) is 12.8. The monoisotopic (exact) mass is 369 g/mol. The van der Waals surface area contributed by atoms with Crippen molar-refractivity contribution in [2.24, 2.45) is 0 Å². The van der Waals surface area contributed by atoms with Gasteiger partial charge in [0.1, 0.15) is 35.5 Å². The average Bonchev–Trinajstić information content (AvgIpc) is 2.61. The third-order valence-corrected chi connectivity index (χ3v) is 3.92. The van der Waals surface area contributed by atoms with E-state index in [9.17, 15) is 14.4 Å². The van der Waals surface area contributed by atoms with Crippen LogP contribution in [0.5, 0.6) is 5.88 Å². The number of nitriles is 1. The van der Waals surface area contributed by atoms with Crippen LogP contribution >= 0.6 is 0 Å². The Hall–Kier alpha value is -3.14. The number of hydrogen-bond donors (Lipinski definition) is 0. The number of anilines is 1. The molecule has 27 heavy (non-hydrogen) atoms. The topological polar surface area (TPSA) is 75.4 Å². The van der Waals surface area contributed by atoms with E-state index in [1.165, 1.54) is 17.0 Å². The van der Waals surface area contributed by atoms with Crippen LogP contribution in [0.15, 0.2) is 30.3 Å². The zero-order valence-electron chi connectivity index (χ0n) is 15.5. The smallest absolute Gasteiger partial charge is 0.415 e. The second kappa shape index (κ2) is 7.23. The molecule has 0 fully saturated rings. The molecule has 1 aliphatic heterocycles. The number of aromatic nitrogens is 1. The number of nitrogens with zero attached hydrogens (tertiary/aromatic N) is 3. The van der Waals surface area contributed by atoms with Crippen LogP contribution in [0.4, 0.5) is 14.9 Å². The van der Waals surface area contributed by atoms with E-state index >= 15 is 0 Å². The van der Waals surface area contributed by atoms with Crippen LogP contribution in [-0.2, 0) is 11.2 Å². The molecule has 2 heterocycles. The highest BCUT2D eigenvalue weighted by Gasteiger charge is 2.30. The summed E-state index contributed by atoms with van der Waals surface area (Å²) in [6.45, 7) is 5.97. The van der Waals surface area contributed by atoms with E-state index in [-0.39, 0.29) is 24.0 Å². The first kappa shape index (κ1) is 18.6. The average molecular weight is 369 g/mol. The van der Waals surface area contributed by atoms with Gasteiger partial charge in [0.25, 0.3) is 0 Å². The maximum Gasteiger partial charge on any atom is 0.415 e. The quantitative estimate of drug-likeness (QED) is 0.804. The van der Waals surface area contributed by atoms with Crippen LogP contribution in [0, 0.1) is 17.1 Å². The van der Waals surface area contributed by atoms with Crippen molar-refractivity contribution in [3.05, 3.63) is 53.0 Å². The Morgan fingerprint density at radius 1 is 1.37 bits per heavy atom. The van der Waals surface area contributed by atoms with Crippen molar-refractivity contribution in [3.8, 4) is 11.9 Å². The summed E-state index contributed by atoms with van der Waals surface area (Å²) in [5.41, 5.74) is 1.50. The van der Waals surface area contributed by atoms with Crippen molar-refractivity contribution in [1.82, 2.24) is 4.98 Å². The Bertz CT molecular complexity index is 898. The summed E-state index contributed by atoms with van der Waals surface area (Å²) in [5, 5.41) is 9.44. The van der Waals surface area contributed by atoms with Crippen LogP contribution in [0.1, 0.15) is 37.6 Å². The van der Waals surface area contributed by atoms with Gasteiger partial charge in [-0.1, -0.05) is 12.1 Å². The standard InChI is InChI=1S/C20H20FN3O3/c1-20(2,3)27-19(25)24-8-9-26-18-17(24)11-14(16(12-22)23-18)10-13-4-6-15(21)7-5-13/h4-7,11H,8-10H2,1-3H3. The lowest BCUT2D eigenvalue weighted by Crippen LogP contribution is -2.41. The minimum atomic E-state index is -0.632. The van der Waals surface area contributed by atoms with Gasteiger partial charge in [-0.3, -0.25) is 4.90 Å². The lowest BCUT2D eigenvalue weighted by Gasteiger charge is -2.31. The largest absolute Gasteiger partial charge is 0.474 e. The Morgan fingerprint density at radius 2 is 2.07 bits per heavy atom. The zero-order chi connectivity index (χ0) is 19.6. The fourth-order valence-electron chi connectivity index (χ4n) is 2.74. The van der Waals surface area contributed by atoms with E-state index in [4.69, 9.17) is 9.47 Å². The number of carbonyl (C=O) groups excluding carboxylic acids is 1. The molecule has 2 aromatic rings. The third kappa shape index (κ3) is 4.34. The summed E-state index contributed by atoms with van der Waals surface area (Å²) in [6.07, 6.45) is -0.114. The number of ether oxygens (including phenoxy) is 2. The van der Waals surface area contributed by atoms with Crippen LogP contribution in [0.2, 0.25) is 0 Å². The van der Waals surface area contributed by atoms with E-state index in [1.54, 1.807) is 39.0 Å². The minimum absolute atomic E-state index is 0.212. The summed E-state index contributed by atoms with van der Waals surface area (Å²) in [5.74, 6) is -0.0983. The molecule has 0 aliphatic carbocycles. The van der Waals surface area contributed by atoms with Gasteiger partial charge in [-0.15, -0.1) is 0 Å². The van der Waals surface area contributed by atoms with Gasteiger partial charge in [0.15, 0.2) is 0 Å². The molecular formula is C20H20FN3O3. The van der Waals surface area contributed by atoms with Gasteiger partial charge >= 0.3 is 6.09 Å². The minimum Gasteiger partial charge on any atom is -0.474 e. The number of amides is 1. The molecule has 3 rings (SSSR count). The molecule has 6 nitrogen and oxygen atoms in total. The fourth-order valence-corrected chi connectivity index (χ4v) is 2.74. The Morgan fingerprint density at radius 3 is 2.70 bits per heavy atom. The summed E-state index contributed by atoms with van der Waals surface area (Å²) < 4.78 is 24.1. The van der Waals surface area contributed by atoms with Crippen LogP contribution in [-0.4, -0.2) is 29.8 Å². The predicted octanol–water partition coefficient (Wildman–Crippen LogP) is 3.82. The Kier molecular flexibility index (Phi) is 5.00. The van der Waals surface area contributed by atoms with Crippen molar-refractivity contribution in [2.45, 2.75) is 32.8 Å². The second-order valence-corrected chi connectivity index (χ2v) is 7.22. The van der Waals surface area contributed by atoms with E-state index in [2.05, 4.69) is 11.1 Å². The molecule has 1 amide bonds. The van der Waals surface area contributed by atoms with Crippen molar-refractivity contribution < 1.29 is 18.7 Å². The number of hydrogen-bond acceptors (Lipinski definition) is 5. The van der Waals surface area contributed by atoms with Crippen molar-refractivity contribution in [1.29, 1.82) is 5.26 Å². The fraction of sp³-hybridized carbons (Fsp3) is 0.350. The van der Waals surface area contributed by atoms with E-state index in [0.717, 1.165) is 5.56 Å². The molecule has 0 saturated carbocycles. The number of rotatable bonds is 2. The summed E-state index contributed by atoms with van der Waals surface area (Å²) in [6, 6.07) is 9.81. The highest BCUT2D eigenvalue weighted by atomic mass is 19.1. The molecule has 1 aliphatic rings. The maximum atomic E-state index is 13.1. The maximum absolute atomic E-state index is 13.1. The molecule has 1 aromatic carbocycles. The summed E-state index contributed by atoms with van der Waals surface area (Å²) in [4.78, 5) is 18.3. The summed E-state index contributed by atoms with van der Waals surface area (Å²) >= 11 is 0. The van der Waals surface area contributed by atoms with E-state index < -0.39 is 11.7 Å². The van der Waals surface area contributed by atoms with Crippen molar-refractivity contribution in [2.75, 3.05) is 18.1 Å². The van der Waals surface area contributed by atoms with Gasteiger partial charge in [-0.05, 0) is 50.1 Å². The van der Waals surface area contributed by atoms with E-state index in [1.807, 2.05) is 0 Å². The van der Waals surface area contributed by atoms with Gasteiger partial charge in [0.2, 0.25) is 5.88 Å². The molecule has 0 spiro atoms. The zero-order valence-corrected chi connectivity index (χ0v) is 15.5. The predicted molar refractivity (Wildman–Crippen MR) is 97.2 cm³/mol. The van der Waals surface area contributed by atoms with Gasteiger partial charge in [0, 0.05) is 6.42 Å². The molecule has 0 radical (unpaired) electrons. The number of halogens is 1. The highest BCUT2D eigenvalue weighted by molar-refractivity contribution is 5.90. The highest BCUT2D eigenvalue weighted by Crippen LogP contribution is 2.33. The van der Waals surface area contributed by atoms with Crippen LogP contribution < -0.4 is 9.64 Å². The van der Waals surface area contributed by atoms with Crippen molar-refractivity contribution in [3.63, 3.8) is 0 Å². The molecule has 140 valence electrons. The summed E-state index contributed by atoms with van der Waals surface area (Å²) in [7, 11) is 0. The normalized spacial score (nSPS) is 13.4. The Balaban J connectivity index is 1.97. The van der Waals surface area contributed by atoms with Gasteiger partial charge in [0.05, 0.1) is 6.54 Å². The Labute approximate surface area is 157 Å². The molecule has 0 N–H and O–H groups in total. The van der Waals surface area contributed by atoms with Gasteiger partial charge < -0.3 is 9.47 Å². The number of carbonyl (C=O) groups is 1. The lowest BCUT2D eigenvalue weighted by atomic mass is 10.0. The van der Waals surface area contributed by atoms with Gasteiger partial charge in [-0.25, -0.2) is 14.2 Å². The molecule has 0 atom stereocenters. The molecule has 0 saturated heterocycles.